The molecule has 0 aromatic heterocycles. The highest BCUT2D eigenvalue weighted by molar-refractivity contribution is 5.99. The number of amides is 2. The maximum Gasteiger partial charge on any atom is 0.256 e. The van der Waals surface area contributed by atoms with Crippen molar-refractivity contribution in [2.45, 2.75) is 32.9 Å². The van der Waals surface area contributed by atoms with Crippen LogP contribution in [0, 0.1) is 5.92 Å². The van der Waals surface area contributed by atoms with Crippen LogP contribution in [0.25, 0.3) is 0 Å². The van der Waals surface area contributed by atoms with Crippen molar-refractivity contribution >= 4 is 17.5 Å². The van der Waals surface area contributed by atoms with Crippen LogP contribution in [-0.2, 0) is 6.42 Å². The van der Waals surface area contributed by atoms with Gasteiger partial charge in [0.15, 0.2) is 11.5 Å². The summed E-state index contributed by atoms with van der Waals surface area (Å²) in [4.78, 5) is 29.8. The third-order valence-electron chi connectivity index (χ3n) is 6.97. The zero-order valence-corrected chi connectivity index (χ0v) is 22.9. The van der Waals surface area contributed by atoms with Crippen molar-refractivity contribution in [3.05, 3.63) is 89.0 Å². The highest BCUT2D eigenvalue weighted by Crippen LogP contribution is 2.35. The fourth-order valence-electron chi connectivity index (χ4n) is 4.68. The summed E-state index contributed by atoms with van der Waals surface area (Å²) in [5, 5.41) is 3.52. The summed E-state index contributed by atoms with van der Waals surface area (Å²) in [5.74, 6) is 1.87. The second-order valence-corrected chi connectivity index (χ2v) is 10.1. The quantitative estimate of drug-likeness (QED) is 0.358. The van der Waals surface area contributed by atoms with Crippen LogP contribution in [0.1, 0.15) is 58.3 Å². The SMILES string of the molecule is COc1ccc(CCN(C)C(=O)c2ccc(NC3c4ccccc4C(=O)N3CCC(C)C)cc2)cc1OC. The largest absolute Gasteiger partial charge is 0.493 e. The number of anilines is 1. The lowest BCUT2D eigenvalue weighted by Gasteiger charge is -2.28. The van der Waals surface area contributed by atoms with Gasteiger partial charge in [0.25, 0.3) is 11.8 Å². The number of rotatable bonds is 11. The second kappa shape index (κ2) is 12.0. The normalized spacial score (nSPS) is 14.4. The molecule has 1 heterocycles. The van der Waals surface area contributed by atoms with Gasteiger partial charge in [0.1, 0.15) is 6.17 Å². The molecule has 200 valence electrons. The van der Waals surface area contributed by atoms with Crippen LogP contribution in [0.5, 0.6) is 11.5 Å². The van der Waals surface area contributed by atoms with E-state index in [-0.39, 0.29) is 18.0 Å². The number of nitrogens with one attached hydrogen (secondary N) is 1. The molecule has 1 unspecified atom stereocenters. The lowest BCUT2D eigenvalue weighted by atomic mass is 10.1. The summed E-state index contributed by atoms with van der Waals surface area (Å²) in [6.07, 6.45) is 1.40. The van der Waals surface area contributed by atoms with Crippen molar-refractivity contribution in [3.63, 3.8) is 0 Å². The standard InChI is InChI=1S/C31H37N3O4/c1-21(2)16-19-34-29(25-8-6-7-9-26(25)31(34)36)32-24-13-11-23(12-14-24)30(35)33(3)18-17-22-10-15-27(37-4)28(20-22)38-5/h6-15,20-21,29,32H,16-19H2,1-5H3. The summed E-state index contributed by atoms with van der Waals surface area (Å²) in [7, 11) is 5.03. The van der Waals surface area contributed by atoms with Gasteiger partial charge in [-0.15, -0.1) is 0 Å². The van der Waals surface area contributed by atoms with E-state index in [0.29, 0.717) is 42.5 Å². The first kappa shape index (κ1) is 27.0. The molecule has 0 saturated carbocycles. The average molecular weight is 516 g/mol. The Morgan fingerprint density at radius 3 is 2.39 bits per heavy atom. The van der Waals surface area contributed by atoms with Crippen LogP contribution in [0.15, 0.2) is 66.7 Å². The predicted molar refractivity (Wildman–Crippen MR) is 150 cm³/mol. The van der Waals surface area contributed by atoms with Crippen molar-refractivity contribution in [3.8, 4) is 11.5 Å². The predicted octanol–water partition coefficient (Wildman–Crippen LogP) is 5.63. The molecule has 7 nitrogen and oxygen atoms in total. The van der Waals surface area contributed by atoms with E-state index in [1.54, 1.807) is 19.1 Å². The fourth-order valence-corrected chi connectivity index (χ4v) is 4.68. The molecule has 0 aliphatic carbocycles. The first-order valence-electron chi connectivity index (χ1n) is 13.0. The van der Waals surface area contributed by atoms with E-state index < -0.39 is 0 Å². The van der Waals surface area contributed by atoms with Crippen LogP contribution >= 0.6 is 0 Å². The number of likely N-dealkylation sites (N-methyl/N-ethyl adjacent to an activating group) is 1. The van der Waals surface area contributed by atoms with E-state index in [9.17, 15) is 9.59 Å². The van der Waals surface area contributed by atoms with Gasteiger partial charge in [-0.05, 0) is 66.8 Å². The maximum atomic E-state index is 13.1. The molecular formula is C31H37N3O4. The van der Waals surface area contributed by atoms with Gasteiger partial charge in [0.05, 0.1) is 14.2 Å². The number of ether oxygens (including phenoxy) is 2. The molecule has 38 heavy (non-hydrogen) atoms. The van der Waals surface area contributed by atoms with Crippen molar-refractivity contribution in [1.82, 2.24) is 9.80 Å². The van der Waals surface area contributed by atoms with E-state index in [2.05, 4.69) is 19.2 Å². The molecule has 0 fully saturated rings. The number of nitrogens with zero attached hydrogens (tertiary/aromatic N) is 2. The van der Waals surface area contributed by atoms with Crippen molar-refractivity contribution in [2.24, 2.45) is 5.92 Å². The third kappa shape index (κ3) is 5.93. The minimum atomic E-state index is -0.233. The number of hydrogen-bond acceptors (Lipinski definition) is 5. The molecule has 7 heteroatoms. The molecule has 0 saturated heterocycles. The topological polar surface area (TPSA) is 71.1 Å². The van der Waals surface area contributed by atoms with Gasteiger partial charge in [0, 0.05) is 42.5 Å². The highest BCUT2D eigenvalue weighted by atomic mass is 16.5. The molecule has 4 rings (SSSR count). The smallest absolute Gasteiger partial charge is 0.256 e. The van der Waals surface area contributed by atoms with Crippen LogP contribution in [0.4, 0.5) is 5.69 Å². The molecule has 1 atom stereocenters. The molecule has 0 bridgehead atoms. The number of hydrogen-bond donors (Lipinski definition) is 1. The van der Waals surface area contributed by atoms with Gasteiger partial charge >= 0.3 is 0 Å². The lowest BCUT2D eigenvalue weighted by Crippen LogP contribution is -2.33. The number of fused-ring (bicyclic) bond motifs is 1. The van der Waals surface area contributed by atoms with E-state index in [4.69, 9.17) is 9.47 Å². The lowest BCUT2D eigenvalue weighted by molar-refractivity contribution is 0.0734. The van der Waals surface area contributed by atoms with Gasteiger partial charge in [-0.3, -0.25) is 9.59 Å². The van der Waals surface area contributed by atoms with Crippen molar-refractivity contribution in [2.75, 3.05) is 39.7 Å². The summed E-state index contributed by atoms with van der Waals surface area (Å²) in [5.41, 5.74) is 4.27. The molecular weight excluding hydrogens is 478 g/mol. The zero-order valence-electron chi connectivity index (χ0n) is 22.9. The maximum absolute atomic E-state index is 13.1. The second-order valence-electron chi connectivity index (χ2n) is 10.1. The molecule has 3 aromatic rings. The third-order valence-corrected chi connectivity index (χ3v) is 6.97. The summed E-state index contributed by atoms with van der Waals surface area (Å²) in [6, 6.07) is 21.0. The van der Waals surface area contributed by atoms with Crippen LogP contribution in [0.2, 0.25) is 0 Å². The monoisotopic (exact) mass is 515 g/mol. The Morgan fingerprint density at radius 2 is 1.71 bits per heavy atom. The Kier molecular flexibility index (Phi) is 8.56. The Bertz CT molecular complexity index is 1270. The molecule has 0 spiro atoms. The molecule has 1 aliphatic heterocycles. The van der Waals surface area contributed by atoms with E-state index in [1.165, 1.54) is 0 Å². The number of carbonyl (C=O) groups is 2. The number of methoxy groups -OCH3 is 2. The van der Waals surface area contributed by atoms with E-state index in [0.717, 1.165) is 28.8 Å². The summed E-state index contributed by atoms with van der Waals surface area (Å²) >= 11 is 0. The van der Waals surface area contributed by atoms with Crippen LogP contribution in [0.3, 0.4) is 0 Å². The Hall–Kier alpha value is -4.00. The highest BCUT2D eigenvalue weighted by Gasteiger charge is 2.36. The summed E-state index contributed by atoms with van der Waals surface area (Å²) in [6.45, 7) is 5.58. The molecule has 1 aliphatic rings. The van der Waals surface area contributed by atoms with Gasteiger partial charge in [-0.1, -0.05) is 38.1 Å². The van der Waals surface area contributed by atoms with Gasteiger partial charge < -0.3 is 24.6 Å². The first-order chi connectivity index (χ1) is 18.3. The Labute approximate surface area is 225 Å². The molecule has 3 aromatic carbocycles. The Balaban J connectivity index is 1.41. The number of carbonyl (C=O) groups excluding carboxylic acids is 2. The first-order valence-corrected chi connectivity index (χ1v) is 13.0. The van der Waals surface area contributed by atoms with Crippen LogP contribution < -0.4 is 14.8 Å². The summed E-state index contributed by atoms with van der Waals surface area (Å²) < 4.78 is 10.7. The Morgan fingerprint density at radius 1 is 1.00 bits per heavy atom. The van der Waals surface area contributed by atoms with E-state index in [1.807, 2.05) is 78.7 Å². The van der Waals surface area contributed by atoms with Gasteiger partial charge in [-0.25, -0.2) is 0 Å². The zero-order chi connectivity index (χ0) is 27.2. The van der Waals surface area contributed by atoms with Crippen molar-refractivity contribution in [1.29, 1.82) is 0 Å². The molecule has 0 radical (unpaired) electrons. The van der Waals surface area contributed by atoms with Gasteiger partial charge in [-0.2, -0.15) is 0 Å². The van der Waals surface area contributed by atoms with Crippen LogP contribution in [-0.4, -0.2) is 56.0 Å². The minimum Gasteiger partial charge on any atom is -0.493 e. The van der Waals surface area contributed by atoms with E-state index >= 15 is 0 Å². The fraction of sp³-hybridized carbons (Fsp3) is 0.355. The number of benzene rings is 3. The van der Waals surface area contributed by atoms with Gasteiger partial charge in [0.2, 0.25) is 0 Å². The molecule has 2 amide bonds. The van der Waals surface area contributed by atoms with Crippen molar-refractivity contribution < 1.29 is 19.1 Å². The minimum absolute atomic E-state index is 0.0445. The molecule has 1 N–H and O–H groups in total. The average Bonchev–Trinajstić information content (AvgIpc) is 3.20.